The van der Waals surface area contributed by atoms with Crippen LogP contribution in [0.3, 0.4) is 0 Å². The van der Waals surface area contributed by atoms with E-state index in [-0.39, 0.29) is 17.4 Å². The zero-order valence-electron chi connectivity index (χ0n) is 9.27. The number of hydrogen-bond donors (Lipinski definition) is 2. The van der Waals surface area contributed by atoms with E-state index in [2.05, 4.69) is 0 Å². The SMILES string of the molecule is CC(CN)N(C)C(=O)c1ccc(O)cc1F. The molecule has 0 aliphatic rings. The third-order valence-electron chi connectivity index (χ3n) is 2.51. The van der Waals surface area contributed by atoms with Crippen molar-refractivity contribution >= 4 is 5.91 Å². The van der Waals surface area contributed by atoms with Gasteiger partial charge in [-0.1, -0.05) is 0 Å². The molecule has 1 unspecified atom stereocenters. The molecule has 0 aliphatic heterocycles. The molecule has 0 saturated heterocycles. The van der Waals surface area contributed by atoms with E-state index in [1.807, 2.05) is 0 Å². The Kier molecular flexibility index (Phi) is 3.84. The van der Waals surface area contributed by atoms with Gasteiger partial charge in [-0.05, 0) is 19.1 Å². The molecule has 0 saturated carbocycles. The number of phenolic OH excluding ortho intramolecular Hbond substituents is 1. The van der Waals surface area contributed by atoms with Crippen LogP contribution < -0.4 is 5.73 Å². The van der Waals surface area contributed by atoms with Crippen LogP contribution in [0.4, 0.5) is 4.39 Å². The maximum absolute atomic E-state index is 13.4. The zero-order valence-corrected chi connectivity index (χ0v) is 9.27. The lowest BCUT2D eigenvalue weighted by atomic mass is 10.1. The number of carbonyl (C=O) groups excluding carboxylic acids is 1. The summed E-state index contributed by atoms with van der Waals surface area (Å²) in [5, 5.41) is 9.03. The van der Waals surface area contributed by atoms with Gasteiger partial charge in [0.1, 0.15) is 11.6 Å². The average Bonchev–Trinajstić information content (AvgIpc) is 2.26. The van der Waals surface area contributed by atoms with Crippen LogP contribution in [-0.2, 0) is 0 Å². The zero-order chi connectivity index (χ0) is 12.3. The van der Waals surface area contributed by atoms with Crippen LogP contribution in [0.15, 0.2) is 18.2 Å². The van der Waals surface area contributed by atoms with Crippen molar-refractivity contribution < 1.29 is 14.3 Å². The Bertz CT molecular complexity index is 396. The Morgan fingerprint density at radius 2 is 2.25 bits per heavy atom. The topological polar surface area (TPSA) is 66.6 Å². The quantitative estimate of drug-likeness (QED) is 0.806. The molecule has 0 aromatic heterocycles. The molecule has 1 rings (SSSR count). The second-order valence-corrected chi connectivity index (χ2v) is 3.66. The molecule has 0 fully saturated rings. The highest BCUT2D eigenvalue weighted by Gasteiger charge is 2.19. The molecule has 1 aromatic rings. The second-order valence-electron chi connectivity index (χ2n) is 3.66. The number of nitrogens with two attached hydrogens (primary N) is 1. The number of rotatable bonds is 3. The van der Waals surface area contributed by atoms with E-state index < -0.39 is 11.7 Å². The molecule has 0 heterocycles. The summed E-state index contributed by atoms with van der Waals surface area (Å²) >= 11 is 0. The van der Waals surface area contributed by atoms with E-state index in [1.165, 1.54) is 17.0 Å². The highest BCUT2D eigenvalue weighted by molar-refractivity contribution is 5.94. The van der Waals surface area contributed by atoms with Crippen LogP contribution in [0.2, 0.25) is 0 Å². The fraction of sp³-hybridized carbons (Fsp3) is 0.364. The van der Waals surface area contributed by atoms with Gasteiger partial charge < -0.3 is 15.7 Å². The summed E-state index contributed by atoms with van der Waals surface area (Å²) in [7, 11) is 1.56. The minimum atomic E-state index is -0.735. The van der Waals surface area contributed by atoms with Crippen molar-refractivity contribution in [2.24, 2.45) is 5.73 Å². The minimum absolute atomic E-state index is 0.0689. The maximum atomic E-state index is 13.4. The molecular formula is C11H15FN2O2. The number of halogens is 1. The molecule has 0 radical (unpaired) electrons. The lowest BCUT2D eigenvalue weighted by molar-refractivity contribution is 0.0743. The molecule has 1 amide bonds. The monoisotopic (exact) mass is 226 g/mol. The molecule has 5 heteroatoms. The van der Waals surface area contributed by atoms with E-state index >= 15 is 0 Å². The highest BCUT2D eigenvalue weighted by atomic mass is 19.1. The van der Waals surface area contributed by atoms with Crippen molar-refractivity contribution in [1.29, 1.82) is 0 Å². The molecule has 0 aliphatic carbocycles. The maximum Gasteiger partial charge on any atom is 0.256 e. The number of phenols is 1. The molecule has 3 N–H and O–H groups in total. The predicted octanol–water partition coefficient (Wildman–Crippen LogP) is 0.950. The lowest BCUT2D eigenvalue weighted by Crippen LogP contribution is -2.40. The van der Waals surface area contributed by atoms with Gasteiger partial charge in [-0.15, -0.1) is 0 Å². The van der Waals surface area contributed by atoms with Crippen LogP contribution >= 0.6 is 0 Å². The molecular weight excluding hydrogens is 211 g/mol. The van der Waals surface area contributed by atoms with E-state index in [0.29, 0.717) is 6.54 Å². The fourth-order valence-corrected chi connectivity index (χ4v) is 1.23. The van der Waals surface area contributed by atoms with Crippen molar-refractivity contribution in [3.8, 4) is 5.75 Å². The van der Waals surface area contributed by atoms with Crippen molar-refractivity contribution in [2.45, 2.75) is 13.0 Å². The van der Waals surface area contributed by atoms with Gasteiger partial charge in [0.2, 0.25) is 0 Å². The fourth-order valence-electron chi connectivity index (χ4n) is 1.23. The Balaban J connectivity index is 2.96. The normalized spacial score (nSPS) is 12.2. The van der Waals surface area contributed by atoms with Gasteiger partial charge in [0, 0.05) is 25.7 Å². The predicted molar refractivity (Wildman–Crippen MR) is 58.7 cm³/mol. The Hall–Kier alpha value is -1.62. The van der Waals surface area contributed by atoms with E-state index in [4.69, 9.17) is 10.8 Å². The van der Waals surface area contributed by atoms with E-state index in [1.54, 1.807) is 14.0 Å². The number of amides is 1. The standard InChI is InChI=1S/C11H15FN2O2/c1-7(6-13)14(2)11(16)9-4-3-8(15)5-10(9)12/h3-5,7,15H,6,13H2,1-2H3. The van der Waals surface area contributed by atoms with Gasteiger partial charge >= 0.3 is 0 Å². The summed E-state index contributed by atoms with van der Waals surface area (Å²) in [5.41, 5.74) is 5.35. The summed E-state index contributed by atoms with van der Waals surface area (Å²) in [6.45, 7) is 2.08. The molecule has 1 atom stereocenters. The lowest BCUT2D eigenvalue weighted by Gasteiger charge is -2.23. The second kappa shape index (κ2) is 4.94. The van der Waals surface area contributed by atoms with Crippen molar-refractivity contribution in [1.82, 2.24) is 4.90 Å². The molecule has 16 heavy (non-hydrogen) atoms. The number of nitrogens with zero attached hydrogens (tertiary/aromatic N) is 1. The van der Waals surface area contributed by atoms with Crippen molar-refractivity contribution in [3.63, 3.8) is 0 Å². The number of carbonyl (C=O) groups is 1. The van der Waals surface area contributed by atoms with Crippen molar-refractivity contribution in [2.75, 3.05) is 13.6 Å². The first kappa shape index (κ1) is 12.4. The van der Waals surface area contributed by atoms with Crippen LogP contribution in [0.1, 0.15) is 17.3 Å². The van der Waals surface area contributed by atoms with E-state index in [9.17, 15) is 9.18 Å². The van der Waals surface area contributed by atoms with Gasteiger partial charge in [0.05, 0.1) is 5.56 Å². The Morgan fingerprint density at radius 3 is 2.75 bits per heavy atom. The third kappa shape index (κ3) is 2.49. The highest BCUT2D eigenvalue weighted by Crippen LogP contribution is 2.16. The smallest absolute Gasteiger partial charge is 0.256 e. The largest absolute Gasteiger partial charge is 0.508 e. The first-order valence-corrected chi connectivity index (χ1v) is 4.93. The van der Waals surface area contributed by atoms with Gasteiger partial charge in [-0.25, -0.2) is 4.39 Å². The Morgan fingerprint density at radius 1 is 1.62 bits per heavy atom. The summed E-state index contributed by atoms with van der Waals surface area (Å²) in [4.78, 5) is 13.2. The summed E-state index contributed by atoms with van der Waals surface area (Å²) in [6.07, 6.45) is 0. The first-order valence-electron chi connectivity index (χ1n) is 4.93. The molecule has 4 nitrogen and oxygen atoms in total. The summed E-state index contributed by atoms with van der Waals surface area (Å²) in [5.74, 6) is -1.39. The van der Waals surface area contributed by atoms with Crippen molar-refractivity contribution in [3.05, 3.63) is 29.6 Å². The molecule has 88 valence electrons. The van der Waals surface area contributed by atoms with Crippen LogP contribution in [0.25, 0.3) is 0 Å². The van der Waals surface area contributed by atoms with Crippen LogP contribution in [-0.4, -0.2) is 35.5 Å². The molecule has 0 bridgehead atoms. The third-order valence-corrected chi connectivity index (χ3v) is 2.51. The Labute approximate surface area is 93.5 Å². The van der Waals surface area contributed by atoms with E-state index in [0.717, 1.165) is 6.07 Å². The molecule has 0 spiro atoms. The van der Waals surface area contributed by atoms with Gasteiger partial charge in [0.25, 0.3) is 5.91 Å². The van der Waals surface area contributed by atoms with Crippen LogP contribution in [0, 0.1) is 5.82 Å². The van der Waals surface area contributed by atoms with Gasteiger partial charge in [-0.2, -0.15) is 0 Å². The molecule has 1 aromatic carbocycles. The minimum Gasteiger partial charge on any atom is -0.508 e. The number of benzene rings is 1. The number of aromatic hydroxyl groups is 1. The number of likely N-dealkylation sites (N-methyl/N-ethyl adjacent to an activating group) is 1. The van der Waals surface area contributed by atoms with Gasteiger partial charge in [0.15, 0.2) is 0 Å². The first-order chi connectivity index (χ1) is 7.47. The number of hydrogen-bond acceptors (Lipinski definition) is 3. The van der Waals surface area contributed by atoms with Gasteiger partial charge in [-0.3, -0.25) is 4.79 Å². The summed E-state index contributed by atoms with van der Waals surface area (Å²) in [6, 6.07) is 3.28. The van der Waals surface area contributed by atoms with Crippen LogP contribution in [0.5, 0.6) is 5.75 Å². The average molecular weight is 226 g/mol. The summed E-state index contributed by atoms with van der Waals surface area (Å²) < 4.78 is 13.4.